The number of carbonyl (C=O) groups excluding carboxylic acids is 1. The number of anilines is 1. The first-order valence-electron chi connectivity index (χ1n) is 7.32. The van der Waals surface area contributed by atoms with E-state index in [1.54, 1.807) is 0 Å². The van der Waals surface area contributed by atoms with Crippen molar-refractivity contribution in [1.29, 1.82) is 0 Å². The fourth-order valence-electron chi connectivity index (χ4n) is 2.70. The van der Waals surface area contributed by atoms with Gasteiger partial charge in [-0.3, -0.25) is 4.79 Å². The van der Waals surface area contributed by atoms with E-state index in [1.165, 1.54) is 11.1 Å². The molecule has 21 heavy (non-hydrogen) atoms. The molecule has 0 fully saturated rings. The Kier molecular flexibility index (Phi) is 3.91. The number of nitrogens with zero attached hydrogens (tertiary/aromatic N) is 1. The van der Waals surface area contributed by atoms with Crippen molar-refractivity contribution in [3.05, 3.63) is 59.7 Å². The highest BCUT2D eigenvalue weighted by Crippen LogP contribution is 2.29. The fraction of sp³-hybridized carbons (Fsp3) is 0.278. The van der Waals surface area contributed by atoms with Gasteiger partial charge in [0.05, 0.1) is 13.0 Å². The van der Waals surface area contributed by atoms with Crippen LogP contribution < -0.4 is 9.64 Å². The van der Waals surface area contributed by atoms with Crippen LogP contribution >= 0.6 is 0 Å². The first-order valence-corrected chi connectivity index (χ1v) is 7.32. The predicted molar refractivity (Wildman–Crippen MR) is 83.8 cm³/mol. The summed E-state index contributed by atoms with van der Waals surface area (Å²) in [4.78, 5) is 14.2. The largest absolute Gasteiger partial charge is 0.493 e. The van der Waals surface area contributed by atoms with E-state index in [-0.39, 0.29) is 5.91 Å². The number of fused-ring (bicyclic) bond motifs is 1. The van der Waals surface area contributed by atoms with E-state index in [0.29, 0.717) is 13.0 Å². The van der Waals surface area contributed by atoms with Crippen molar-refractivity contribution in [2.24, 2.45) is 0 Å². The summed E-state index contributed by atoms with van der Waals surface area (Å²) in [5, 5.41) is 0. The predicted octanol–water partition coefficient (Wildman–Crippen LogP) is 3.35. The summed E-state index contributed by atoms with van der Waals surface area (Å²) in [5.74, 6) is 0.941. The molecule has 1 amide bonds. The van der Waals surface area contributed by atoms with Gasteiger partial charge < -0.3 is 9.64 Å². The Bertz CT molecular complexity index is 637. The van der Waals surface area contributed by atoms with Gasteiger partial charge in [0.2, 0.25) is 5.91 Å². The van der Waals surface area contributed by atoms with Gasteiger partial charge in [-0.1, -0.05) is 35.9 Å². The highest BCUT2D eigenvalue weighted by atomic mass is 16.5. The van der Waals surface area contributed by atoms with Gasteiger partial charge in [-0.2, -0.15) is 0 Å². The van der Waals surface area contributed by atoms with Crippen LogP contribution in [0.25, 0.3) is 0 Å². The number of ether oxygens (including phenoxy) is 1. The third-order valence-corrected chi connectivity index (χ3v) is 3.76. The average Bonchev–Trinajstić information content (AvgIpc) is 2.91. The lowest BCUT2D eigenvalue weighted by Crippen LogP contribution is -2.30. The van der Waals surface area contributed by atoms with Gasteiger partial charge in [-0.25, -0.2) is 0 Å². The van der Waals surface area contributed by atoms with Gasteiger partial charge >= 0.3 is 0 Å². The van der Waals surface area contributed by atoms with Crippen LogP contribution in [0.4, 0.5) is 5.69 Å². The minimum atomic E-state index is 0.133. The van der Waals surface area contributed by atoms with E-state index in [1.807, 2.05) is 41.3 Å². The summed E-state index contributed by atoms with van der Waals surface area (Å²) in [6.07, 6.45) is 1.35. The van der Waals surface area contributed by atoms with Gasteiger partial charge in [0.1, 0.15) is 5.75 Å². The molecule has 3 rings (SSSR count). The van der Waals surface area contributed by atoms with Crippen molar-refractivity contribution in [3.63, 3.8) is 0 Å². The van der Waals surface area contributed by atoms with Crippen molar-refractivity contribution < 1.29 is 9.53 Å². The van der Waals surface area contributed by atoms with Crippen molar-refractivity contribution in [2.45, 2.75) is 19.8 Å². The zero-order chi connectivity index (χ0) is 14.7. The molecular formula is C18H19NO2. The Morgan fingerprint density at radius 3 is 2.81 bits per heavy atom. The summed E-state index contributed by atoms with van der Waals surface area (Å²) in [6, 6.07) is 15.9. The summed E-state index contributed by atoms with van der Waals surface area (Å²) in [7, 11) is 0. The Morgan fingerprint density at radius 1 is 1.19 bits per heavy atom. The molecule has 3 heteroatoms. The van der Waals surface area contributed by atoms with Crippen LogP contribution in [-0.4, -0.2) is 19.1 Å². The molecule has 1 aliphatic heterocycles. The van der Waals surface area contributed by atoms with Crippen molar-refractivity contribution >= 4 is 11.6 Å². The average molecular weight is 281 g/mol. The van der Waals surface area contributed by atoms with Crippen LogP contribution in [0, 0.1) is 6.92 Å². The molecule has 1 aliphatic rings. The molecule has 2 aromatic carbocycles. The molecule has 1 heterocycles. The van der Waals surface area contributed by atoms with E-state index in [4.69, 9.17) is 4.74 Å². The summed E-state index contributed by atoms with van der Waals surface area (Å²) < 4.78 is 5.60. The van der Waals surface area contributed by atoms with Crippen LogP contribution in [0.1, 0.15) is 17.5 Å². The normalized spacial score (nSPS) is 13.1. The topological polar surface area (TPSA) is 29.5 Å². The Morgan fingerprint density at radius 2 is 2.00 bits per heavy atom. The Labute approximate surface area is 125 Å². The van der Waals surface area contributed by atoms with E-state index in [0.717, 1.165) is 24.4 Å². The first kappa shape index (κ1) is 13.7. The summed E-state index contributed by atoms with van der Waals surface area (Å²) >= 11 is 0. The molecule has 0 bridgehead atoms. The Hall–Kier alpha value is -2.29. The van der Waals surface area contributed by atoms with Crippen LogP contribution in [0.3, 0.4) is 0 Å². The molecule has 0 spiro atoms. The van der Waals surface area contributed by atoms with Crippen LogP contribution in [0.5, 0.6) is 5.75 Å². The number of hydrogen-bond acceptors (Lipinski definition) is 2. The molecule has 0 unspecified atom stereocenters. The van der Waals surface area contributed by atoms with Crippen LogP contribution in [0.15, 0.2) is 48.5 Å². The molecule has 0 atom stereocenters. The van der Waals surface area contributed by atoms with Crippen molar-refractivity contribution in [3.8, 4) is 5.75 Å². The number of para-hydroxylation sites is 1. The SMILES string of the molecule is Cc1ccc2c(c1)CCN2C(=O)CCOc1ccccc1. The maximum absolute atomic E-state index is 12.3. The number of amides is 1. The van der Waals surface area contributed by atoms with E-state index >= 15 is 0 Å². The molecule has 2 aromatic rings. The van der Waals surface area contributed by atoms with Gasteiger partial charge in [-0.15, -0.1) is 0 Å². The molecule has 3 nitrogen and oxygen atoms in total. The zero-order valence-corrected chi connectivity index (χ0v) is 12.2. The lowest BCUT2D eigenvalue weighted by Gasteiger charge is -2.17. The second-order valence-electron chi connectivity index (χ2n) is 5.34. The molecule has 0 N–H and O–H groups in total. The monoisotopic (exact) mass is 281 g/mol. The number of benzene rings is 2. The summed E-state index contributed by atoms with van der Waals surface area (Å²) in [5.41, 5.74) is 3.58. The van der Waals surface area contributed by atoms with E-state index in [9.17, 15) is 4.79 Å². The minimum absolute atomic E-state index is 0.133. The Balaban J connectivity index is 1.58. The minimum Gasteiger partial charge on any atom is -0.493 e. The van der Waals surface area contributed by atoms with Gasteiger partial charge in [0.15, 0.2) is 0 Å². The van der Waals surface area contributed by atoms with Gasteiger partial charge in [0.25, 0.3) is 0 Å². The van der Waals surface area contributed by atoms with Crippen molar-refractivity contribution in [1.82, 2.24) is 0 Å². The number of carbonyl (C=O) groups is 1. The smallest absolute Gasteiger partial charge is 0.230 e. The molecular weight excluding hydrogens is 262 g/mol. The number of aryl methyl sites for hydroxylation is 1. The van der Waals surface area contributed by atoms with E-state index < -0.39 is 0 Å². The molecule has 0 saturated carbocycles. The molecule has 0 radical (unpaired) electrons. The van der Waals surface area contributed by atoms with E-state index in [2.05, 4.69) is 19.1 Å². The maximum Gasteiger partial charge on any atom is 0.230 e. The third-order valence-electron chi connectivity index (χ3n) is 3.76. The second kappa shape index (κ2) is 6.00. The van der Waals surface area contributed by atoms with Gasteiger partial charge in [0, 0.05) is 12.2 Å². The van der Waals surface area contributed by atoms with Gasteiger partial charge in [-0.05, 0) is 37.1 Å². The highest BCUT2D eigenvalue weighted by Gasteiger charge is 2.24. The highest BCUT2D eigenvalue weighted by molar-refractivity contribution is 5.95. The number of hydrogen-bond donors (Lipinski definition) is 0. The molecule has 0 saturated heterocycles. The van der Waals surface area contributed by atoms with Crippen molar-refractivity contribution in [2.75, 3.05) is 18.1 Å². The quantitative estimate of drug-likeness (QED) is 0.860. The van der Waals surface area contributed by atoms with Crippen LogP contribution in [-0.2, 0) is 11.2 Å². The standard InChI is InChI=1S/C18H19NO2/c1-14-7-8-17-15(13-14)9-11-19(17)18(20)10-12-21-16-5-3-2-4-6-16/h2-8,13H,9-12H2,1H3. The lowest BCUT2D eigenvalue weighted by atomic mass is 10.1. The number of rotatable bonds is 4. The zero-order valence-electron chi connectivity index (χ0n) is 12.2. The third kappa shape index (κ3) is 3.07. The summed E-state index contributed by atoms with van der Waals surface area (Å²) in [6.45, 7) is 3.28. The molecule has 108 valence electrons. The first-order chi connectivity index (χ1) is 10.2. The van der Waals surface area contributed by atoms with Crippen LogP contribution in [0.2, 0.25) is 0 Å². The lowest BCUT2D eigenvalue weighted by molar-refractivity contribution is -0.119. The fourth-order valence-corrected chi connectivity index (χ4v) is 2.70. The maximum atomic E-state index is 12.3. The molecule has 0 aliphatic carbocycles. The molecule has 0 aromatic heterocycles. The second-order valence-corrected chi connectivity index (χ2v) is 5.34.